The van der Waals surface area contributed by atoms with Crippen molar-refractivity contribution in [3.63, 3.8) is 0 Å². The van der Waals surface area contributed by atoms with E-state index in [2.05, 4.69) is 10.6 Å². The number of urea groups is 1. The van der Waals surface area contributed by atoms with Crippen LogP contribution in [0, 0.1) is 0 Å². The number of benzene rings is 1. The van der Waals surface area contributed by atoms with Crippen LogP contribution in [0.1, 0.15) is 37.4 Å². The van der Waals surface area contributed by atoms with Crippen molar-refractivity contribution < 1.29 is 23.9 Å². The van der Waals surface area contributed by atoms with Crippen molar-refractivity contribution in [1.82, 2.24) is 15.5 Å². The molecular weight excluding hydrogens is 338 g/mol. The Hall–Kier alpha value is -2.90. The van der Waals surface area contributed by atoms with Gasteiger partial charge in [0.2, 0.25) is 12.0 Å². The number of nitrogens with zero attached hydrogens (tertiary/aromatic N) is 1. The fourth-order valence-electron chi connectivity index (χ4n) is 2.67. The highest BCUT2D eigenvalue weighted by molar-refractivity contribution is 5.97. The fraction of sp³-hybridized carbons (Fsp3) is 0.444. The van der Waals surface area contributed by atoms with E-state index in [9.17, 15) is 19.2 Å². The first-order valence-corrected chi connectivity index (χ1v) is 8.56. The SMILES string of the molecule is CNC(=O)NC(=O)C(OC(=O)CN1CCCCCC1=O)c1ccccc1. The van der Waals surface area contributed by atoms with Crippen LogP contribution in [0.15, 0.2) is 30.3 Å². The van der Waals surface area contributed by atoms with Crippen molar-refractivity contribution in [3.8, 4) is 0 Å². The van der Waals surface area contributed by atoms with Gasteiger partial charge in [0, 0.05) is 25.6 Å². The van der Waals surface area contributed by atoms with E-state index in [1.165, 1.54) is 11.9 Å². The smallest absolute Gasteiger partial charge is 0.326 e. The lowest BCUT2D eigenvalue weighted by molar-refractivity contribution is -0.159. The summed E-state index contributed by atoms with van der Waals surface area (Å²) in [6, 6.07) is 7.70. The lowest BCUT2D eigenvalue weighted by Gasteiger charge is -2.22. The van der Waals surface area contributed by atoms with Gasteiger partial charge in [-0.2, -0.15) is 0 Å². The third-order valence-corrected chi connectivity index (χ3v) is 4.04. The molecule has 0 aliphatic carbocycles. The van der Waals surface area contributed by atoms with E-state index in [4.69, 9.17) is 4.74 Å². The van der Waals surface area contributed by atoms with Crippen LogP contribution in [0.2, 0.25) is 0 Å². The highest BCUT2D eigenvalue weighted by Crippen LogP contribution is 2.18. The van der Waals surface area contributed by atoms with Crippen molar-refractivity contribution in [2.45, 2.75) is 31.8 Å². The maximum absolute atomic E-state index is 12.3. The van der Waals surface area contributed by atoms with Gasteiger partial charge in [0.1, 0.15) is 6.54 Å². The molecule has 0 spiro atoms. The molecule has 1 saturated heterocycles. The zero-order valence-electron chi connectivity index (χ0n) is 14.7. The summed E-state index contributed by atoms with van der Waals surface area (Å²) in [5.74, 6) is -1.54. The van der Waals surface area contributed by atoms with Crippen molar-refractivity contribution in [2.75, 3.05) is 20.1 Å². The molecule has 1 aromatic carbocycles. The first-order valence-electron chi connectivity index (χ1n) is 8.56. The lowest BCUT2D eigenvalue weighted by Crippen LogP contribution is -2.42. The van der Waals surface area contributed by atoms with Crippen LogP contribution in [0.25, 0.3) is 0 Å². The Morgan fingerprint density at radius 1 is 1.15 bits per heavy atom. The Balaban J connectivity index is 2.07. The lowest BCUT2D eigenvalue weighted by atomic mass is 10.1. The van der Waals surface area contributed by atoms with E-state index in [1.807, 2.05) is 0 Å². The molecule has 140 valence electrons. The molecule has 1 aliphatic heterocycles. The van der Waals surface area contributed by atoms with Crippen LogP contribution in [-0.4, -0.2) is 48.9 Å². The summed E-state index contributed by atoms with van der Waals surface area (Å²) in [5, 5.41) is 4.38. The molecule has 0 aromatic heterocycles. The average molecular weight is 361 g/mol. The van der Waals surface area contributed by atoms with Gasteiger partial charge in [0.15, 0.2) is 0 Å². The normalized spacial score (nSPS) is 15.6. The van der Waals surface area contributed by atoms with E-state index >= 15 is 0 Å². The summed E-state index contributed by atoms with van der Waals surface area (Å²) >= 11 is 0. The molecule has 1 unspecified atom stereocenters. The zero-order valence-corrected chi connectivity index (χ0v) is 14.7. The van der Waals surface area contributed by atoms with Gasteiger partial charge in [0.05, 0.1) is 0 Å². The Labute approximate surface area is 151 Å². The summed E-state index contributed by atoms with van der Waals surface area (Å²) in [6.45, 7) is 0.282. The predicted molar refractivity (Wildman–Crippen MR) is 92.9 cm³/mol. The Morgan fingerprint density at radius 3 is 2.58 bits per heavy atom. The number of rotatable bonds is 5. The molecule has 8 heteroatoms. The van der Waals surface area contributed by atoms with Crippen molar-refractivity contribution >= 4 is 23.8 Å². The van der Waals surface area contributed by atoms with Gasteiger partial charge in [0.25, 0.3) is 5.91 Å². The number of hydrogen-bond donors (Lipinski definition) is 2. The van der Waals surface area contributed by atoms with Crippen molar-refractivity contribution in [3.05, 3.63) is 35.9 Å². The van der Waals surface area contributed by atoms with Crippen LogP contribution in [0.3, 0.4) is 0 Å². The second-order valence-corrected chi connectivity index (χ2v) is 5.97. The van der Waals surface area contributed by atoms with Gasteiger partial charge in [-0.15, -0.1) is 0 Å². The topological polar surface area (TPSA) is 105 Å². The van der Waals surface area contributed by atoms with Gasteiger partial charge in [-0.25, -0.2) is 4.79 Å². The average Bonchev–Trinajstić information content (AvgIpc) is 2.84. The molecule has 0 radical (unpaired) electrons. The Kier molecular flexibility index (Phi) is 7.13. The van der Waals surface area contributed by atoms with Gasteiger partial charge < -0.3 is 15.0 Å². The number of carbonyl (C=O) groups excluding carboxylic acids is 4. The monoisotopic (exact) mass is 361 g/mol. The molecule has 2 rings (SSSR count). The molecule has 26 heavy (non-hydrogen) atoms. The minimum Gasteiger partial charge on any atom is -0.446 e. The van der Waals surface area contributed by atoms with E-state index < -0.39 is 24.0 Å². The molecule has 1 fully saturated rings. The second-order valence-electron chi connectivity index (χ2n) is 5.97. The maximum Gasteiger partial charge on any atom is 0.326 e. The van der Waals surface area contributed by atoms with Gasteiger partial charge >= 0.3 is 12.0 Å². The second kappa shape index (κ2) is 9.55. The van der Waals surface area contributed by atoms with E-state index in [0.717, 1.165) is 19.3 Å². The van der Waals surface area contributed by atoms with E-state index in [-0.39, 0.29) is 12.5 Å². The summed E-state index contributed by atoms with van der Waals surface area (Å²) in [4.78, 5) is 49.5. The summed E-state index contributed by atoms with van der Waals surface area (Å²) < 4.78 is 5.31. The molecule has 1 aliphatic rings. The van der Waals surface area contributed by atoms with Crippen LogP contribution in [-0.2, 0) is 19.1 Å². The third-order valence-electron chi connectivity index (χ3n) is 4.04. The molecule has 1 atom stereocenters. The van der Waals surface area contributed by atoms with Gasteiger partial charge in [-0.1, -0.05) is 36.8 Å². The van der Waals surface area contributed by atoms with Crippen molar-refractivity contribution in [2.24, 2.45) is 0 Å². The number of imide groups is 1. The highest BCUT2D eigenvalue weighted by atomic mass is 16.5. The number of likely N-dealkylation sites (tertiary alicyclic amines) is 1. The molecular formula is C18H23N3O5. The minimum absolute atomic E-state index is 0.0921. The van der Waals surface area contributed by atoms with E-state index in [1.54, 1.807) is 30.3 Å². The van der Waals surface area contributed by atoms with Crippen molar-refractivity contribution in [1.29, 1.82) is 0 Å². The number of ether oxygens (including phenoxy) is 1. The molecule has 4 amide bonds. The zero-order chi connectivity index (χ0) is 18.9. The minimum atomic E-state index is -1.27. The van der Waals surface area contributed by atoms with Gasteiger partial charge in [-0.3, -0.25) is 19.7 Å². The Morgan fingerprint density at radius 2 is 1.88 bits per heavy atom. The number of amides is 4. The Bertz CT molecular complexity index is 662. The third kappa shape index (κ3) is 5.58. The molecule has 0 bridgehead atoms. The van der Waals surface area contributed by atoms with Crippen LogP contribution < -0.4 is 10.6 Å². The van der Waals surface area contributed by atoms with E-state index in [0.29, 0.717) is 18.5 Å². The molecule has 1 heterocycles. The summed E-state index contributed by atoms with van der Waals surface area (Å²) in [7, 11) is 1.37. The quantitative estimate of drug-likeness (QED) is 0.765. The summed E-state index contributed by atoms with van der Waals surface area (Å²) in [6.07, 6.45) is 1.72. The predicted octanol–water partition coefficient (Wildman–Crippen LogP) is 1.13. The first kappa shape index (κ1) is 19.4. The number of hydrogen-bond acceptors (Lipinski definition) is 5. The van der Waals surface area contributed by atoms with Crippen LogP contribution in [0.4, 0.5) is 4.79 Å². The molecule has 8 nitrogen and oxygen atoms in total. The highest BCUT2D eigenvalue weighted by Gasteiger charge is 2.28. The first-order chi connectivity index (χ1) is 12.5. The fourth-order valence-corrected chi connectivity index (χ4v) is 2.67. The molecule has 1 aromatic rings. The number of carbonyl (C=O) groups is 4. The summed E-state index contributed by atoms with van der Waals surface area (Å²) in [5.41, 5.74) is 0.435. The van der Waals surface area contributed by atoms with Crippen LogP contribution >= 0.6 is 0 Å². The molecule has 2 N–H and O–H groups in total. The van der Waals surface area contributed by atoms with Gasteiger partial charge in [-0.05, 0) is 12.8 Å². The van der Waals surface area contributed by atoms with Crippen LogP contribution in [0.5, 0.6) is 0 Å². The molecule has 0 saturated carbocycles. The number of esters is 1. The number of nitrogens with one attached hydrogen (secondary N) is 2. The maximum atomic E-state index is 12.3. The standard InChI is InChI=1S/C18H23N3O5/c1-19-18(25)20-17(24)16(13-8-4-2-5-9-13)26-15(23)12-21-11-7-3-6-10-14(21)22/h2,4-5,8-9,16H,3,6-7,10-12H2,1H3,(H2,19,20,24,25). The largest absolute Gasteiger partial charge is 0.446 e.